The fourth-order valence-corrected chi connectivity index (χ4v) is 2.82. The monoisotopic (exact) mass is 377 g/mol. The van der Waals surface area contributed by atoms with E-state index < -0.39 is 17.9 Å². The van der Waals surface area contributed by atoms with Crippen molar-refractivity contribution in [1.82, 2.24) is 4.90 Å². The van der Waals surface area contributed by atoms with Crippen LogP contribution in [0.4, 0.5) is 0 Å². The Hall–Kier alpha value is -2.15. The molecule has 0 spiro atoms. The lowest BCUT2D eigenvalue weighted by Gasteiger charge is -2.31. The summed E-state index contributed by atoms with van der Waals surface area (Å²) in [4.78, 5) is 28.9. The van der Waals surface area contributed by atoms with E-state index in [1.807, 2.05) is 29.2 Å². The molecule has 120 valence electrons. The molecule has 0 aliphatic carbocycles. The smallest absolute Gasteiger partial charge is 0.365 e. The minimum atomic E-state index is -1.01. The Morgan fingerprint density at radius 1 is 1.30 bits per heavy atom. The maximum absolute atomic E-state index is 11.9. The fraction of sp³-hybridized carbons (Fsp3) is 0.312. The lowest BCUT2D eigenvalue weighted by molar-refractivity contribution is -0.312. The van der Waals surface area contributed by atoms with Crippen LogP contribution in [-0.2, 0) is 14.3 Å². The van der Waals surface area contributed by atoms with Gasteiger partial charge in [0.15, 0.2) is 5.70 Å². The number of benzene rings is 1. The number of carbonyl (C=O) groups excluding carboxylic acids is 2. The number of carboxylic acid groups (broad SMARTS) is 1. The van der Waals surface area contributed by atoms with E-state index in [0.29, 0.717) is 25.9 Å². The quantitative estimate of drug-likeness (QED) is 0.580. The van der Waals surface area contributed by atoms with Crippen LogP contribution in [0.5, 0.6) is 0 Å². The van der Waals surface area contributed by atoms with Crippen LogP contribution in [0.2, 0.25) is 0 Å². The largest absolute Gasteiger partial charge is 0.550 e. The Balaban J connectivity index is 1.71. The molecule has 0 amide bonds. The van der Waals surface area contributed by atoms with E-state index in [4.69, 9.17) is 4.74 Å². The molecule has 0 saturated carbocycles. The topological polar surface area (TPSA) is 82.0 Å². The number of piperidine rings is 1. The molecule has 6 nitrogen and oxygen atoms in total. The molecule has 1 saturated heterocycles. The molecule has 3 rings (SSSR count). The molecule has 0 aromatic heterocycles. The van der Waals surface area contributed by atoms with Crippen molar-refractivity contribution in [1.29, 1.82) is 0 Å². The standard InChI is InChI=1S/C16H15BrN2O4/c17-12-3-1-10(2-4-12)14-18-13(16(22)23-14)9-19-7-5-11(6-8-19)15(20)21/h1-4,9,11H,5-8H2,(H,20,21)/p-1/b13-9-. The van der Waals surface area contributed by atoms with Crippen LogP contribution in [-0.4, -0.2) is 35.8 Å². The van der Waals surface area contributed by atoms with Gasteiger partial charge in [-0.05, 0) is 37.1 Å². The number of rotatable bonds is 3. The summed E-state index contributed by atoms with van der Waals surface area (Å²) in [5, 5.41) is 10.8. The summed E-state index contributed by atoms with van der Waals surface area (Å²) in [7, 11) is 0. The minimum Gasteiger partial charge on any atom is -0.550 e. The first-order valence-corrected chi connectivity index (χ1v) is 8.06. The fourth-order valence-electron chi connectivity index (χ4n) is 2.55. The van der Waals surface area contributed by atoms with E-state index in [2.05, 4.69) is 20.9 Å². The minimum absolute atomic E-state index is 0.231. The lowest BCUT2D eigenvalue weighted by atomic mass is 9.97. The van der Waals surface area contributed by atoms with Crippen molar-refractivity contribution in [3.63, 3.8) is 0 Å². The number of aliphatic carboxylic acids is 1. The van der Waals surface area contributed by atoms with Crippen LogP contribution in [0.15, 0.2) is 45.6 Å². The van der Waals surface area contributed by atoms with Crippen LogP contribution in [0.1, 0.15) is 18.4 Å². The van der Waals surface area contributed by atoms with Crippen molar-refractivity contribution in [2.24, 2.45) is 10.9 Å². The van der Waals surface area contributed by atoms with Crippen molar-refractivity contribution in [2.75, 3.05) is 13.1 Å². The van der Waals surface area contributed by atoms with Gasteiger partial charge < -0.3 is 19.5 Å². The van der Waals surface area contributed by atoms with Crippen molar-refractivity contribution in [3.8, 4) is 0 Å². The molecular formula is C16H14BrN2O4-. The third-order valence-corrected chi connectivity index (χ3v) is 4.41. The van der Waals surface area contributed by atoms with Gasteiger partial charge in [0.05, 0.1) is 0 Å². The maximum Gasteiger partial charge on any atom is 0.365 e. The van der Waals surface area contributed by atoms with E-state index in [9.17, 15) is 14.7 Å². The number of hydrogen-bond acceptors (Lipinski definition) is 6. The lowest BCUT2D eigenvalue weighted by Crippen LogP contribution is -2.39. The predicted octanol–water partition coefficient (Wildman–Crippen LogP) is 1.06. The number of cyclic esters (lactones) is 1. The van der Waals surface area contributed by atoms with Crippen LogP contribution < -0.4 is 5.11 Å². The van der Waals surface area contributed by atoms with Crippen LogP contribution in [0, 0.1) is 5.92 Å². The van der Waals surface area contributed by atoms with Gasteiger partial charge in [-0.1, -0.05) is 15.9 Å². The highest BCUT2D eigenvalue weighted by atomic mass is 79.9. The van der Waals surface area contributed by atoms with Gasteiger partial charge in [0.25, 0.3) is 0 Å². The molecule has 7 heteroatoms. The van der Waals surface area contributed by atoms with Gasteiger partial charge in [0.2, 0.25) is 5.90 Å². The first kappa shape index (κ1) is 15.7. The van der Waals surface area contributed by atoms with Crippen LogP contribution >= 0.6 is 15.9 Å². The number of aliphatic imine (C=N–C) groups is 1. The highest BCUT2D eigenvalue weighted by Gasteiger charge is 2.26. The zero-order chi connectivity index (χ0) is 16.4. The zero-order valence-electron chi connectivity index (χ0n) is 12.2. The first-order valence-electron chi connectivity index (χ1n) is 7.26. The number of halogens is 1. The number of ether oxygens (including phenoxy) is 1. The molecule has 0 unspecified atom stereocenters. The summed E-state index contributed by atoms with van der Waals surface area (Å²) in [6.07, 6.45) is 2.65. The van der Waals surface area contributed by atoms with Gasteiger partial charge >= 0.3 is 5.97 Å². The molecule has 2 aliphatic heterocycles. The molecule has 1 aromatic carbocycles. The average Bonchev–Trinajstić information content (AvgIpc) is 2.89. The predicted molar refractivity (Wildman–Crippen MR) is 84.2 cm³/mol. The molecule has 0 radical (unpaired) electrons. The molecule has 2 heterocycles. The highest BCUT2D eigenvalue weighted by Crippen LogP contribution is 2.21. The Bertz CT molecular complexity index is 689. The Kier molecular flexibility index (Phi) is 4.47. The molecule has 1 aromatic rings. The van der Waals surface area contributed by atoms with E-state index in [0.717, 1.165) is 10.0 Å². The third kappa shape index (κ3) is 3.61. The molecule has 1 fully saturated rings. The summed E-state index contributed by atoms with van der Waals surface area (Å²) in [5.41, 5.74) is 0.954. The Morgan fingerprint density at radius 3 is 2.57 bits per heavy atom. The zero-order valence-corrected chi connectivity index (χ0v) is 13.8. The van der Waals surface area contributed by atoms with E-state index >= 15 is 0 Å². The summed E-state index contributed by atoms with van der Waals surface area (Å²) in [5.74, 6) is -1.64. The number of carboxylic acids is 1. The second-order valence-electron chi connectivity index (χ2n) is 5.46. The number of hydrogen-bond donors (Lipinski definition) is 0. The second kappa shape index (κ2) is 6.54. The normalized spacial score (nSPS) is 20.6. The molecule has 23 heavy (non-hydrogen) atoms. The molecule has 0 bridgehead atoms. The number of nitrogens with zero attached hydrogens (tertiary/aromatic N) is 2. The van der Waals surface area contributed by atoms with Gasteiger partial charge in [-0.2, -0.15) is 0 Å². The average molecular weight is 378 g/mol. The van der Waals surface area contributed by atoms with Gasteiger partial charge in [-0.3, -0.25) is 0 Å². The number of carbonyl (C=O) groups is 2. The first-order chi connectivity index (χ1) is 11.0. The SMILES string of the molecule is O=C1OC(c2ccc(Br)cc2)=N/C1=C\N1CCC(C(=O)[O-])CC1. The Morgan fingerprint density at radius 2 is 1.96 bits per heavy atom. The van der Waals surface area contributed by atoms with Crippen molar-refractivity contribution in [2.45, 2.75) is 12.8 Å². The van der Waals surface area contributed by atoms with Crippen molar-refractivity contribution < 1.29 is 19.4 Å². The molecular weight excluding hydrogens is 364 g/mol. The summed E-state index contributed by atoms with van der Waals surface area (Å²) in [6.45, 7) is 1.11. The Labute approximate surface area is 141 Å². The number of esters is 1. The van der Waals surface area contributed by atoms with Crippen LogP contribution in [0.3, 0.4) is 0 Å². The maximum atomic E-state index is 11.9. The van der Waals surface area contributed by atoms with E-state index in [-0.39, 0.29) is 11.6 Å². The van der Waals surface area contributed by atoms with Gasteiger partial charge in [0.1, 0.15) is 0 Å². The van der Waals surface area contributed by atoms with E-state index in [1.54, 1.807) is 6.20 Å². The van der Waals surface area contributed by atoms with Gasteiger partial charge in [-0.15, -0.1) is 0 Å². The van der Waals surface area contributed by atoms with Crippen LogP contribution in [0.25, 0.3) is 0 Å². The van der Waals surface area contributed by atoms with Crippen molar-refractivity contribution in [3.05, 3.63) is 46.2 Å². The number of likely N-dealkylation sites (tertiary alicyclic amines) is 1. The van der Waals surface area contributed by atoms with E-state index in [1.165, 1.54) is 0 Å². The summed E-state index contributed by atoms with van der Waals surface area (Å²) in [6, 6.07) is 7.31. The summed E-state index contributed by atoms with van der Waals surface area (Å²) >= 11 is 3.35. The summed E-state index contributed by atoms with van der Waals surface area (Å²) < 4.78 is 6.13. The second-order valence-corrected chi connectivity index (χ2v) is 6.37. The molecule has 0 atom stereocenters. The molecule has 0 N–H and O–H groups in total. The third-order valence-electron chi connectivity index (χ3n) is 3.88. The highest BCUT2D eigenvalue weighted by molar-refractivity contribution is 9.10. The van der Waals surface area contributed by atoms with Gasteiger partial charge in [0, 0.05) is 41.2 Å². The van der Waals surface area contributed by atoms with Crippen molar-refractivity contribution >= 4 is 33.8 Å². The molecule has 2 aliphatic rings. The van der Waals surface area contributed by atoms with Gasteiger partial charge in [-0.25, -0.2) is 9.79 Å².